The number of hydrogen-bond acceptors (Lipinski definition) is 5. The molecule has 0 aliphatic carbocycles. The number of amides is 1. The van der Waals surface area contributed by atoms with Crippen LogP contribution in [0.5, 0.6) is 0 Å². The number of halogens is 3. The summed E-state index contributed by atoms with van der Waals surface area (Å²) in [5.41, 5.74) is 5.51. The largest absolute Gasteiger partial charge is 0.471 e. The summed E-state index contributed by atoms with van der Waals surface area (Å²) in [6.45, 7) is 0.626. The zero-order valence-electron chi connectivity index (χ0n) is 11.5. The molecule has 0 fully saturated rings. The summed E-state index contributed by atoms with van der Waals surface area (Å²) in [7, 11) is -1.47. The number of carbonyl (C=O) groups excluding carboxylic acids is 1. The molecule has 0 aromatic heterocycles. The maximum Gasteiger partial charge on any atom is 0.471 e. The van der Waals surface area contributed by atoms with E-state index < -0.39 is 20.6 Å². The van der Waals surface area contributed by atoms with E-state index >= 15 is 0 Å². The second-order valence-electron chi connectivity index (χ2n) is 4.03. The fraction of sp³-hybridized carbons (Fsp3) is 0.818. The van der Waals surface area contributed by atoms with E-state index in [9.17, 15) is 18.0 Å². The van der Waals surface area contributed by atoms with Crippen LogP contribution in [0, 0.1) is 11.3 Å². The second-order valence-corrected chi connectivity index (χ2v) is 5.11. The Bertz CT molecular complexity index is 337. The molecule has 0 radical (unpaired) electrons. The van der Waals surface area contributed by atoms with Crippen molar-refractivity contribution in [2.75, 3.05) is 19.8 Å². The Morgan fingerprint density at radius 2 is 1.81 bits per heavy atom. The average molecular weight is 329 g/mol. The minimum Gasteiger partial charge on any atom is -0.348 e. The molecule has 0 saturated carbocycles. The third-order valence-corrected chi connectivity index (χ3v) is 3.14. The van der Waals surface area contributed by atoms with Crippen LogP contribution < -0.4 is 10.8 Å². The lowest BCUT2D eigenvalue weighted by molar-refractivity contribution is -0.173. The summed E-state index contributed by atoms with van der Waals surface area (Å²) in [4.78, 5) is 10.5. The molecule has 122 valence electrons. The van der Waals surface area contributed by atoms with Gasteiger partial charge >= 0.3 is 12.1 Å². The Kier molecular flexibility index (Phi) is 11.2. The number of nitrogens with two attached hydrogens (primary N) is 1. The van der Waals surface area contributed by atoms with Gasteiger partial charge in [-0.05, 0) is 12.8 Å². The zero-order valence-corrected chi connectivity index (χ0v) is 12.4. The van der Waals surface area contributed by atoms with Gasteiger partial charge in [0.1, 0.15) is 0 Å². The molecular formula is C11H19F3N3O3P. The monoisotopic (exact) mass is 329 g/mol. The van der Waals surface area contributed by atoms with Gasteiger partial charge < -0.3 is 14.4 Å². The van der Waals surface area contributed by atoms with E-state index in [0.29, 0.717) is 25.9 Å². The molecule has 0 bridgehead atoms. The number of hydrogen-bond donors (Lipinski definition) is 2. The molecule has 0 saturated heterocycles. The Balaban J connectivity index is 3.34. The first-order chi connectivity index (χ1) is 9.88. The first-order valence-corrected chi connectivity index (χ1v) is 7.65. The van der Waals surface area contributed by atoms with E-state index in [1.54, 1.807) is 5.32 Å². The first-order valence-electron chi connectivity index (χ1n) is 6.40. The summed E-state index contributed by atoms with van der Waals surface area (Å²) in [5, 5.41) is 10.1. The molecule has 1 unspecified atom stereocenters. The van der Waals surface area contributed by atoms with Crippen molar-refractivity contribution < 1.29 is 27.0 Å². The number of carbonyl (C=O) groups is 1. The molecule has 0 rings (SSSR count). The highest BCUT2D eigenvalue weighted by atomic mass is 31.2. The van der Waals surface area contributed by atoms with Gasteiger partial charge in [0.05, 0.1) is 25.7 Å². The number of nitriles is 1. The quantitative estimate of drug-likeness (QED) is 0.448. The topological polar surface area (TPSA) is 97.4 Å². The third kappa shape index (κ3) is 12.5. The van der Waals surface area contributed by atoms with E-state index in [0.717, 1.165) is 6.42 Å². The van der Waals surface area contributed by atoms with Gasteiger partial charge in [0.2, 0.25) is 0 Å². The number of alkyl halides is 3. The van der Waals surface area contributed by atoms with E-state index in [-0.39, 0.29) is 19.6 Å². The van der Waals surface area contributed by atoms with Crippen LogP contribution in [0.3, 0.4) is 0 Å². The number of rotatable bonds is 11. The van der Waals surface area contributed by atoms with Crippen LogP contribution >= 0.6 is 8.53 Å². The smallest absolute Gasteiger partial charge is 0.348 e. The predicted molar refractivity (Wildman–Crippen MR) is 70.8 cm³/mol. The van der Waals surface area contributed by atoms with Crippen LogP contribution in [0.15, 0.2) is 0 Å². The van der Waals surface area contributed by atoms with Crippen molar-refractivity contribution in [3.8, 4) is 6.07 Å². The summed E-state index contributed by atoms with van der Waals surface area (Å²) >= 11 is 0. The number of nitrogens with one attached hydrogen (secondary N) is 1. The molecule has 10 heteroatoms. The Morgan fingerprint density at radius 3 is 2.43 bits per heavy atom. The average Bonchev–Trinajstić information content (AvgIpc) is 2.40. The van der Waals surface area contributed by atoms with E-state index in [2.05, 4.69) is 0 Å². The summed E-state index contributed by atoms with van der Waals surface area (Å²) in [6.07, 6.45) is -1.97. The third-order valence-electron chi connectivity index (χ3n) is 2.27. The summed E-state index contributed by atoms with van der Waals surface area (Å²) < 4.78 is 45.7. The molecule has 0 aliphatic rings. The van der Waals surface area contributed by atoms with E-state index in [1.165, 1.54) is 0 Å². The lowest BCUT2D eigenvalue weighted by Crippen LogP contribution is -2.37. The second kappa shape index (κ2) is 11.7. The molecule has 6 nitrogen and oxygen atoms in total. The van der Waals surface area contributed by atoms with Crippen molar-refractivity contribution in [1.82, 2.24) is 5.32 Å². The van der Waals surface area contributed by atoms with Crippen molar-refractivity contribution in [3.05, 3.63) is 0 Å². The highest BCUT2D eigenvalue weighted by molar-refractivity contribution is 7.44. The molecule has 3 N–H and O–H groups in total. The summed E-state index contributed by atoms with van der Waals surface area (Å²) in [6, 6.07) is 1.91. The van der Waals surface area contributed by atoms with Gasteiger partial charge in [0, 0.05) is 6.54 Å². The van der Waals surface area contributed by atoms with Crippen LogP contribution in [0.25, 0.3) is 0 Å². The fourth-order valence-electron chi connectivity index (χ4n) is 1.26. The fourth-order valence-corrected chi connectivity index (χ4v) is 1.91. The van der Waals surface area contributed by atoms with Gasteiger partial charge in [-0.2, -0.15) is 18.4 Å². The molecule has 1 atom stereocenters. The standard InChI is InChI=1S/C11H19F3N3O3P/c12-11(13,14)10(18)17-7-3-1-2-4-8-19-21(16)20-9-5-6-15/h1-5,7-9,16H2,(H,17,18). The normalized spacial score (nSPS) is 12.7. The first kappa shape index (κ1) is 20.1. The summed E-state index contributed by atoms with van der Waals surface area (Å²) in [5.74, 6) is -1.91. The molecule has 1 amide bonds. The van der Waals surface area contributed by atoms with E-state index in [1.807, 2.05) is 6.07 Å². The molecule has 21 heavy (non-hydrogen) atoms. The lowest BCUT2D eigenvalue weighted by Gasteiger charge is -2.11. The van der Waals surface area contributed by atoms with Crippen LogP contribution in [0.2, 0.25) is 0 Å². The van der Waals surface area contributed by atoms with Crippen molar-refractivity contribution in [2.24, 2.45) is 5.50 Å². The molecule has 0 aromatic carbocycles. The zero-order chi connectivity index (χ0) is 16.1. The number of nitrogens with zero attached hydrogens (tertiary/aromatic N) is 1. The van der Waals surface area contributed by atoms with Crippen molar-refractivity contribution in [2.45, 2.75) is 38.3 Å². The predicted octanol–water partition coefficient (Wildman–Crippen LogP) is 2.36. The highest BCUT2D eigenvalue weighted by Crippen LogP contribution is 2.28. The molecular weight excluding hydrogens is 310 g/mol. The Hall–Kier alpha value is -0.940. The highest BCUT2D eigenvalue weighted by Gasteiger charge is 2.38. The van der Waals surface area contributed by atoms with Gasteiger partial charge in [-0.15, -0.1) is 0 Å². The van der Waals surface area contributed by atoms with E-state index in [4.69, 9.17) is 19.8 Å². The minimum atomic E-state index is -4.82. The van der Waals surface area contributed by atoms with Gasteiger partial charge in [-0.1, -0.05) is 12.8 Å². The molecule has 0 spiro atoms. The molecule has 0 aromatic rings. The van der Waals surface area contributed by atoms with Crippen molar-refractivity contribution in [3.63, 3.8) is 0 Å². The van der Waals surface area contributed by atoms with Crippen LogP contribution in [-0.2, 0) is 13.8 Å². The maximum atomic E-state index is 11.8. The van der Waals surface area contributed by atoms with Crippen molar-refractivity contribution >= 4 is 14.4 Å². The Morgan fingerprint density at radius 1 is 1.19 bits per heavy atom. The molecule has 0 heterocycles. The van der Waals surface area contributed by atoms with Crippen LogP contribution in [0.4, 0.5) is 13.2 Å². The van der Waals surface area contributed by atoms with Crippen molar-refractivity contribution in [1.29, 1.82) is 5.26 Å². The van der Waals surface area contributed by atoms with Gasteiger partial charge in [-0.3, -0.25) is 10.3 Å². The molecule has 0 aliphatic heterocycles. The Labute approximate surface area is 122 Å². The minimum absolute atomic E-state index is 0.0000680. The van der Waals surface area contributed by atoms with Gasteiger partial charge in [-0.25, -0.2) is 0 Å². The number of unbranched alkanes of at least 4 members (excludes halogenated alkanes) is 3. The van der Waals surface area contributed by atoms with Crippen LogP contribution in [-0.4, -0.2) is 31.8 Å². The van der Waals surface area contributed by atoms with Crippen LogP contribution in [0.1, 0.15) is 32.1 Å². The van der Waals surface area contributed by atoms with Gasteiger partial charge in [0.25, 0.3) is 8.53 Å². The SMILES string of the molecule is N#CCCOP(N)OCCCCCCNC(=O)C(F)(F)F. The van der Waals surface area contributed by atoms with Gasteiger partial charge in [0.15, 0.2) is 0 Å². The maximum absolute atomic E-state index is 11.8. The lowest BCUT2D eigenvalue weighted by atomic mass is 10.2.